The normalized spacial score (nSPS) is 10.9. The summed E-state index contributed by atoms with van der Waals surface area (Å²) in [5, 5.41) is 5.86. The first-order chi connectivity index (χ1) is 14.3. The van der Waals surface area contributed by atoms with Gasteiger partial charge in [-0.2, -0.15) is 0 Å². The molecule has 0 aliphatic rings. The highest BCUT2D eigenvalue weighted by Crippen LogP contribution is 2.29. The van der Waals surface area contributed by atoms with Crippen molar-refractivity contribution in [3.05, 3.63) is 76.8 Å². The molecule has 0 spiro atoms. The molecule has 0 aliphatic heterocycles. The number of ether oxygens (including phenoxy) is 1. The zero-order chi connectivity index (χ0) is 21.7. The molecule has 0 aliphatic carbocycles. The third-order valence-electron chi connectivity index (χ3n) is 3.95. The van der Waals surface area contributed by atoms with Crippen molar-refractivity contribution in [2.45, 2.75) is 4.90 Å². The highest BCUT2D eigenvalue weighted by Gasteiger charge is 2.18. The van der Waals surface area contributed by atoms with Crippen molar-refractivity contribution in [2.24, 2.45) is 0 Å². The van der Waals surface area contributed by atoms with E-state index in [0.29, 0.717) is 16.5 Å². The van der Waals surface area contributed by atoms with E-state index in [1.165, 1.54) is 25.3 Å². The van der Waals surface area contributed by atoms with Crippen LogP contribution in [0.15, 0.2) is 71.6 Å². The highest BCUT2D eigenvalue weighted by atomic mass is 35.5. The molecule has 30 heavy (non-hydrogen) atoms. The molecule has 3 rings (SSSR count). The van der Waals surface area contributed by atoms with Gasteiger partial charge in [-0.25, -0.2) is 13.2 Å². The number of hydrogen-bond donors (Lipinski definition) is 3. The fraction of sp³-hybridized carbons (Fsp3) is 0.0500. The van der Waals surface area contributed by atoms with Crippen molar-refractivity contribution >= 4 is 56.3 Å². The Hall–Kier alpha value is -2.94. The summed E-state index contributed by atoms with van der Waals surface area (Å²) < 4.78 is 33.2. The smallest absolute Gasteiger partial charge is 0.323 e. The van der Waals surface area contributed by atoms with E-state index < -0.39 is 16.1 Å². The Morgan fingerprint density at radius 3 is 2.30 bits per heavy atom. The minimum Gasteiger partial charge on any atom is -0.495 e. The summed E-state index contributed by atoms with van der Waals surface area (Å²) in [6.45, 7) is 0. The van der Waals surface area contributed by atoms with Gasteiger partial charge in [-0.3, -0.25) is 4.72 Å². The molecule has 0 bridgehead atoms. The topological polar surface area (TPSA) is 96.5 Å². The minimum atomic E-state index is -3.96. The summed E-state index contributed by atoms with van der Waals surface area (Å²) in [5.41, 5.74) is 0.922. The standard InChI is InChI=1S/C20H17Cl2N3O4S/c1-29-19-5-3-2-4-17(19)25-30(27,28)15-10-11-16(22)18(12-15)24-20(26)23-14-8-6-13(21)7-9-14/h2-12,25H,1H3,(H2,23,24,26). The summed E-state index contributed by atoms with van der Waals surface area (Å²) in [7, 11) is -2.52. The van der Waals surface area contributed by atoms with Crippen LogP contribution in [0.3, 0.4) is 0 Å². The zero-order valence-electron chi connectivity index (χ0n) is 15.6. The van der Waals surface area contributed by atoms with Gasteiger partial charge in [0.25, 0.3) is 10.0 Å². The molecule has 3 aromatic rings. The molecule has 0 heterocycles. The number of benzene rings is 3. The van der Waals surface area contributed by atoms with E-state index in [0.717, 1.165) is 0 Å². The van der Waals surface area contributed by atoms with Crippen molar-refractivity contribution in [1.82, 2.24) is 0 Å². The lowest BCUT2D eigenvalue weighted by Gasteiger charge is -2.14. The van der Waals surface area contributed by atoms with E-state index in [-0.39, 0.29) is 21.3 Å². The number of amides is 2. The Morgan fingerprint density at radius 1 is 0.900 bits per heavy atom. The quantitative estimate of drug-likeness (QED) is 0.450. The number of anilines is 3. The van der Waals surface area contributed by atoms with Crippen molar-refractivity contribution in [3.8, 4) is 5.75 Å². The molecule has 156 valence electrons. The average Bonchev–Trinajstić information content (AvgIpc) is 2.71. The van der Waals surface area contributed by atoms with Gasteiger partial charge in [0.05, 0.1) is 28.4 Å². The molecule has 3 aromatic carbocycles. The van der Waals surface area contributed by atoms with E-state index in [1.54, 1.807) is 48.5 Å². The van der Waals surface area contributed by atoms with Crippen LogP contribution in [-0.4, -0.2) is 21.6 Å². The second-order valence-electron chi connectivity index (χ2n) is 6.03. The van der Waals surface area contributed by atoms with Gasteiger partial charge in [0.1, 0.15) is 5.75 Å². The first-order valence-corrected chi connectivity index (χ1v) is 10.8. The number of nitrogens with one attached hydrogen (secondary N) is 3. The number of rotatable bonds is 6. The lowest BCUT2D eigenvalue weighted by Crippen LogP contribution is -2.20. The van der Waals surface area contributed by atoms with E-state index in [9.17, 15) is 13.2 Å². The number of carbonyl (C=O) groups excluding carboxylic acids is 1. The van der Waals surface area contributed by atoms with Gasteiger partial charge in [0.15, 0.2) is 0 Å². The molecule has 0 unspecified atom stereocenters. The summed E-state index contributed by atoms with van der Waals surface area (Å²) >= 11 is 11.9. The summed E-state index contributed by atoms with van der Waals surface area (Å²) in [6, 6.07) is 16.5. The molecule has 2 amide bonds. The first-order valence-electron chi connectivity index (χ1n) is 8.57. The molecule has 3 N–H and O–H groups in total. The van der Waals surface area contributed by atoms with Crippen LogP contribution in [0.1, 0.15) is 0 Å². The molecule has 0 aromatic heterocycles. The van der Waals surface area contributed by atoms with Crippen molar-refractivity contribution < 1.29 is 17.9 Å². The average molecular weight is 466 g/mol. The Bertz CT molecular complexity index is 1170. The maximum Gasteiger partial charge on any atom is 0.323 e. The zero-order valence-corrected chi connectivity index (χ0v) is 18.0. The van der Waals surface area contributed by atoms with Gasteiger partial charge in [-0.05, 0) is 54.6 Å². The predicted octanol–water partition coefficient (Wildman–Crippen LogP) is 5.45. The molecule has 0 saturated carbocycles. The number of carbonyl (C=O) groups is 1. The molecule has 7 nitrogen and oxygen atoms in total. The Labute approximate surface area is 184 Å². The molecule has 0 saturated heterocycles. The SMILES string of the molecule is COc1ccccc1NS(=O)(=O)c1ccc(Cl)c(NC(=O)Nc2ccc(Cl)cc2)c1. The fourth-order valence-corrected chi connectivity index (χ4v) is 3.90. The highest BCUT2D eigenvalue weighted by molar-refractivity contribution is 7.92. The lowest BCUT2D eigenvalue weighted by atomic mass is 10.3. The summed E-state index contributed by atoms with van der Waals surface area (Å²) in [4.78, 5) is 12.2. The summed E-state index contributed by atoms with van der Waals surface area (Å²) in [5.74, 6) is 0.371. The van der Waals surface area contributed by atoms with Crippen LogP contribution in [0.5, 0.6) is 5.75 Å². The monoisotopic (exact) mass is 465 g/mol. The van der Waals surface area contributed by atoms with Crippen LogP contribution < -0.4 is 20.1 Å². The van der Waals surface area contributed by atoms with Crippen LogP contribution in [0, 0.1) is 0 Å². The number of urea groups is 1. The number of sulfonamides is 1. The third kappa shape index (κ3) is 5.35. The van der Waals surface area contributed by atoms with Crippen LogP contribution in [0.25, 0.3) is 0 Å². The second-order valence-corrected chi connectivity index (χ2v) is 8.56. The Kier molecular flexibility index (Phi) is 6.71. The number of hydrogen-bond acceptors (Lipinski definition) is 4. The van der Waals surface area contributed by atoms with Crippen LogP contribution >= 0.6 is 23.2 Å². The van der Waals surface area contributed by atoms with Crippen molar-refractivity contribution in [3.63, 3.8) is 0 Å². The van der Waals surface area contributed by atoms with Crippen molar-refractivity contribution in [2.75, 3.05) is 22.5 Å². The largest absolute Gasteiger partial charge is 0.495 e. The van der Waals surface area contributed by atoms with Crippen LogP contribution in [0.2, 0.25) is 10.0 Å². The van der Waals surface area contributed by atoms with Crippen LogP contribution in [0.4, 0.5) is 21.9 Å². The van der Waals surface area contributed by atoms with Gasteiger partial charge < -0.3 is 15.4 Å². The molecule has 0 fully saturated rings. The van der Waals surface area contributed by atoms with Gasteiger partial charge in [-0.15, -0.1) is 0 Å². The first kappa shape index (κ1) is 21.8. The second kappa shape index (κ2) is 9.25. The Morgan fingerprint density at radius 2 is 1.60 bits per heavy atom. The fourth-order valence-electron chi connectivity index (χ4n) is 2.52. The van der Waals surface area contributed by atoms with E-state index in [2.05, 4.69) is 15.4 Å². The van der Waals surface area contributed by atoms with Crippen LogP contribution in [-0.2, 0) is 10.0 Å². The molecule has 0 atom stereocenters. The number of para-hydroxylation sites is 2. The maximum absolute atomic E-state index is 12.8. The number of halogens is 2. The maximum atomic E-state index is 12.8. The van der Waals surface area contributed by atoms with Gasteiger partial charge in [0, 0.05) is 10.7 Å². The van der Waals surface area contributed by atoms with Gasteiger partial charge in [-0.1, -0.05) is 35.3 Å². The lowest BCUT2D eigenvalue weighted by molar-refractivity contribution is 0.262. The molecule has 0 radical (unpaired) electrons. The minimum absolute atomic E-state index is 0.0837. The van der Waals surface area contributed by atoms with Crippen molar-refractivity contribution in [1.29, 1.82) is 0 Å². The van der Waals surface area contributed by atoms with Gasteiger partial charge in [0.2, 0.25) is 0 Å². The molecule has 10 heteroatoms. The number of methoxy groups -OCH3 is 1. The summed E-state index contributed by atoms with van der Waals surface area (Å²) in [6.07, 6.45) is 0. The van der Waals surface area contributed by atoms with E-state index in [4.69, 9.17) is 27.9 Å². The third-order valence-corrected chi connectivity index (χ3v) is 5.89. The molecular weight excluding hydrogens is 449 g/mol. The predicted molar refractivity (Wildman–Crippen MR) is 119 cm³/mol. The Balaban J connectivity index is 1.80. The van der Waals surface area contributed by atoms with Gasteiger partial charge >= 0.3 is 6.03 Å². The molecular formula is C20H17Cl2N3O4S. The van der Waals surface area contributed by atoms with E-state index in [1.807, 2.05) is 0 Å². The van der Waals surface area contributed by atoms with E-state index >= 15 is 0 Å².